The van der Waals surface area contributed by atoms with E-state index in [0.717, 1.165) is 20.6 Å². The van der Waals surface area contributed by atoms with Gasteiger partial charge in [-0.3, -0.25) is 0 Å². The Balaban J connectivity index is 2.25. The molecule has 72 valence electrons. The first kappa shape index (κ1) is 9.67. The van der Waals surface area contributed by atoms with Crippen LogP contribution in [-0.2, 0) is 0 Å². The lowest BCUT2D eigenvalue weighted by Crippen LogP contribution is -1.90. The third-order valence-electron chi connectivity index (χ3n) is 1.46. The fourth-order valence-corrected chi connectivity index (χ4v) is 2.38. The van der Waals surface area contributed by atoms with Crippen molar-refractivity contribution in [1.82, 2.24) is 19.9 Å². The van der Waals surface area contributed by atoms with Gasteiger partial charge in [-0.1, -0.05) is 0 Å². The Kier molecular flexibility index (Phi) is 2.83. The molecule has 0 aromatic carbocycles. The lowest BCUT2D eigenvalue weighted by molar-refractivity contribution is 0.943. The van der Waals surface area contributed by atoms with Gasteiger partial charge in [0.15, 0.2) is 5.16 Å². The van der Waals surface area contributed by atoms with Crippen molar-refractivity contribution < 1.29 is 0 Å². The molecule has 0 bridgehead atoms. The molecule has 0 aliphatic carbocycles. The van der Waals surface area contributed by atoms with E-state index in [2.05, 4.69) is 35.9 Å². The van der Waals surface area contributed by atoms with Crippen molar-refractivity contribution in [3.05, 3.63) is 28.9 Å². The first-order valence-electron chi connectivity index (χ1n) is 3.92. The van der Waals surface area contributed by atoms with Gasteiger partial charge in [-0.2, -0.15) is 0 Å². The summed E-state index contributed by atoms with van der Waals surface area (Å²) in [6.45, 7) is 1.86. The molecule has 6 heteroatoms. The maximum Gasteiger partial charge on any atom is 0.171 e. The van der Waals surface area contributed by atoms with Gasteiger partial charge in [0.05, 0.1) is 0 Å². The molecule has 0 spiro atoms. The molecule has 2 aromatic heterocycles. The number of aryl methyl sites for hydroxylation is 1. The minimum atomic E-state index is 0.744. The fraction of sp³-hybridized carbons (Fsp3) is 0.125. The van der Waals surface area contributed by atoms with Crippen molar-refractivity contribution in [3.8, 4) is 0 Å². The molecule has 2 heterocycles. The molecule has 0 saturated heterocycles. The number of nitrogens with one attached hydrogen (secondary N) is 1. The van der Waals surface area contributed by atoms with Crippen molar-refractivity contribution in [2.24, 2.45) is 0 Å². The van der Waals surface area contributed by atoms with Crippen LogP contribution in [0.2, 0.25) is 0 Å². The molecule has 0 atom stereocenters. The van der Waals surface area contributed by atoms with Crippen molar-refractivity contribution in [1.29, 1.82) is 0 Å². The van der Waals surface area contributed by atoms with Gasteiger partial charge in [0.25, 0.3) is 0 Å². The van der Waals surface area contributed by atoms with Gasteiger partial charge in [0.2, 0.25) is 0 Å². The minimum Gasteiger partial charge on any atom is -0.339 e. The zero-order valence-corrected chi connectivity index (χ0v) is 9.76. The van der Waals surface area contributed by atoms with Crippen LogP contribution in [0.4, 0.5) is 0 Å². The first-order chi connectivity index (χ1) is 6.74. The average molecular weight is 271 g/mol. The lowest BCUT2D eigenvalue weighted by atomic mass is 10.6. The molecule has 0 amide bonds. The Bertz CT molecular complexity index is 409. The van der Waals surface area contributed by atoms with Crippen LogP contribution in [0.15, 0.2) is 33.2 Å². The molecule has 0 aliphatic heterocycles. The highest BCUT2D eigenvalue weighted by molar-refractivity contribution is 9.10. The van der Waals surface area contributed by atoms with Crippen molar-refractivity contribution in [2.75, 3.05) is 0 Å². The minimum absolute atomic E-state index is 0.744. The monoisotopic (exact) mass is 270 g/mol. The van der Waals surface area contributed by atoms with Crippen molar-refractivity contribution >= 4 is 27.7 Å². The maximum atomic E-state index is 4.27. The van der Waals surface area contributed by atoms with Gasteiger partial charge < -0.3 is 4.98 Å². The topological polar surface area (TPSA) is 54.5 Å². The Labute approximate surface area is 93.7 Å². The van der Waals surface area contributed by atoms with Crippen molar-refractivity contribution in [3.63, 3.8) is 0 Å². The standard InChI is InChI=1S/C8H7BrN4S/c1-5-12-6(9)4-7(13-5)14-8-10-2-3-11-8/h2-4H,1H3,(H,10,11). The highest BCUT2D eigenvalue weighted by atomic mass is 79.9. The molecule has 0 fully saturated rings. The highest BCUT2D eigenvalue weighted by Crippen LogP contribution is 2.24. The summed E-state index contributed by atoms with van der Waals surface area (Å²) in [4.78, 5) is 15.5. The fourth-order valence-electron chi connectivity index (χ4n) is 0.963. The van der Waals surface area contributed by atoms with E-state index >= 15 is 0 Å². The van der Waals surface area contributed by atoms with Crippen LogP contribution in [-0.4, -0.2) is 19.9 Å². The van der Waals surface area contributed by atoms with E-state index in [-0.39, 0.29) is 0 Å². The van der Waals surface area contributed by atoms with Crippen LogP contribution in [0.5, 0.6) is 0 Å². The predicted molar refractivity (Wildman–Crippen MR) is 57.2 cm³/mol. The number of H-pyrrole nitrogens is 1. The van der Waals surface area contributed by atoms with Crippen LogP contribution < -0.4 is 0 Å². The highest BCUT2D eigenvalue weighted by Gasteiger charge is 2.03. The van der Waals surface area contributed by atoms with Crippen LogP contribution in [0.25, 0.3) is 0 Å². The normalized spacial score (nSPS) is 10.4. The second kappa shape index (κ2) is 4.10. The zero-order chi connectivity index (χ0) is 9.97. The number of nitrogens with zero attached hydrogens (tertiary/aromatic N) is 3. The molecular formula is C8H7BrN4S. The average Bonchev–Trinajstić information content (AvgIpc) is 2.54. The number of halogens is 1. The number of imidazole rings is 1. The van der Waals surface area contributed by atoms with Gasteiger partial charge in [-0.15, -0.1) is 0 Å². The molecular weight excluding hydrogens is 264 g/mol. The van der Waals surface area contributed by atoms with Crippen LogP contribution in [0.3, 0.4) is 0 Å². The summed E-state index contributed by atoms with van der Waals surface area (Å²) in [6, 6.07) is 1.86. The molecule has 2 rings (SSSR count). The summed E-state index contributed by atoms with van der Waals surface area (Å²) in [7, 11) is 0. The molecule has 4 nitrogen and oxygen atoms in total. The molecule has 0 aliphatic rings. The largest absolute Gasteiger partial charge is 0.339 e. The van der Waals surface area contributed by atoms with E-state index in [1.807, 2.05) is 13.0 Å². The smallest absolute Gasteiger partial charge is 0.171 e. The van der Waals surface area contributed by atoms with E-state index < -0.39 is 0 Å². The van der Waals surface area contributed by atoms with Gasteiger partial charge in [0, 0.05) is 18.5 Å². The SMILES string of the molecule is Cc1nc(Br)cc(Sc2ncc[nH]2)n1. The Morgan fingerprint density at radius 3 is 2.93 bits per heavy atom. The Hall–Kier alpha value is -0.880. The second-order valence-corrected chi connectivity index (χ2v) is 4.39. The summed E-state index contributed by atoms with van der Waals surface area (Å²) >= 11 is 4.80. The summed E-state index contributed by atoms with van der Waals surface area (Å²) in [5.41, 5.74) is 0. The molecule has 2 aromatic rings. The lowest BCUT2D eigenvalue weighted by Gasteiger charge is -1.99. The zero-order valence-electron chi connectivity index (χ0n) is 7.36. The van der Waals surface area contributed by atoms with Crippen LogP contribution in [0, 0.1) is 6.92 Å². The van der Waals surface area contributed by atoms with Gasteiger partial charge >= 0.3 is 0 Å². The summed E-state index contributed by atoms with van der Waals surface area (Å²) in [6.07, 6.45) is 3.50. The number of aromatic nitrogens is 4. The quantitative estimate of drug-likeness (QED) is 0.852. The third kappa shape index (κ3) is 2.33. The number of aromatic amines is 1. The summed E-state index contributed by atoms with van der Waals surface area (Å²) < 4.78 is 0.791. The summed E-state index contributed by atoms with van der Waals surface area (Å²) in [5, 5.41) is 1.70. The van der Waals surface area contributed by atoms with Gasteiger partial charge in [-0.25, -0.2) is 15.0 Å². The number of hydrogen-bond donors (Lipinski definition) is 1. The van der Waals surface area contributed by atoms with E-state index in [0.29, 0.717) is 0 Å². The van der Waals surface area contributed by atoms with Crippen LogP contribution >= 0.6 is 27.7 Å². The molecule has 14 heavy (non-hydrogen) atoms. The van der Waals surface area contributed by atoms with Gasteiger partial charge in [-0.05, 0) is 34.6 Å². The summed E-state index contributed by atoms with van der Waals surface area (Å²) in [5.74, 6) is 0.744. The maximum absolute atomic E-state index is 4.27. The second-order valence-electron chi connectivity index (χ2n) is 2.57. The molecule has 0 radical (unpaired) electrons. The van der Waals surface area contributed by atoms with E-state index in [9.17, 15) is 0 Å². The Morgan fingerprint density at radius 1 is 1.43 bits per heavy atom. The number of rotatable bonds is 2. The first-order valence-corrected chi connectivity index (χ1v) is 5.53. The van der Waals surface area contributed by atoms with E-state index in [1.54, 1.807) is 12.4 Å². The van der Waals surface area contributed by atoms with E-state index in [4.69, 9.17) is 0 Å². The number of hydrogen-bond acceptors (Lipinski definition) is 4. The molecule has 0 unspecified atom stereocenters. The van der Waals surface area contributed by atoms with Gasteiger partial charge in [0.1, 0.15) is 15.5 Å². The Morgan fingerprint density at radius 2 is 2.29 bits per heavy atom. The van der Waals surface area contributed by atoms with Crippen molar-refractivity contribution in [2.45, 2.75) is 17.1 Å². The van der Waals surface area contributed by atoms with E-state index in [1.165, 1.54) is 11.8 Å². The molecule has 0 saturated carbocycles. The third-order valence-corrected chi connectivity index (χ3v) is 2.70. The molecule has 1 N–H and O–H groups in total. The predicted octanol–water partition coefficient (Wildman–Crippen LogP) is 2.42. The van der Waals surface area contributed by atoms with Crippen LogP contribution in [0.1, 0.15) is 5.82 Å².